The van der Waals surface area contributed by atoms with Gasteiger partial charge in [-0.2, -0.15) is 0 Å². The molecule has 4 rings (SSSR count). The summed E-state index contributed by atoms with van der Waals surface area (Å²) in [6, 6.07) is 14.8. The Kier molecular flexibility index (Phi) is 4.45. The molecular weight excluding hydrogens is 334 g/mol. The Morgan fingerprint density at radius 1 is 1.24 bits per heavy atom. The van der Waals surface area contributed by atoms with E-state index in [1.54, 1.807) is 0 Å². The smallest absolute Gasteiger partial charge is 0.238 e. The SMILES string of the molecule is O=C(CCl)N(Cc1ccc2ccccc2c1)C1CCn2ccnc2C1. The second-order valence-corrected chi connectivity index (χ2v) is 6.79. The predicted octanol–water partition coefficient (Wildman–Crippen LogP) is 3.62. The molecule has 2 aromatic carbocycles. The Labute approximate surface area is 152 Å². The summed E-state index contributed by atoms with van der Waals surface area (Å²) >= 11 is 5.89. The summed E-state index contributed by atoms with van der Waals surface area (Å²) in [6.07, 6.45) is 5.54. The van der Waals surface area contributed by atoms with Crippen molar-refractivity contribution in [2.45, 2.75) is 32.0 Å². The Morgan fingerprint density at radius 3 is 2.92 bits per heavy atom. The molecule has 1 amide bonds. The van der Waals surface area contributed by atoms with Crippen LogP contribution in [0, 0.1) is 0 Å². The van der Waals surface area contributed by atoms with Gasteiger partial charge < -0.3 is 9.47 Å². The molecule has 0 N–H and O–H groups in total. The molecule has 2 heterocycles. The fraction of sp³-hybridized carbons (Fsp3) is 0.300. The van der Waals surface area contributed by atoms with Gasteiger partial charge in [0.2, 0.25) is 5.91 Å². The molecule has 0 saturated carbocycles. The third-order valence-electron chi connectivity index (χ3n) is 4.97. The number of aryl methyl sites for hydroxylation is 1. The van der Waals surface area contributed by atoms with Gasteiger partial charge in [-0.1, -0.05) is 36.4 Å². The van der Waals surface area contributed by atoms with E-state index < -0.39 is 0 Å². The van der Waals surface area contributed by atoms with Gasteiger partial charge in [-0.05, 0) is 28.8 Å². The fourth-order valence-electron chi connectivity index (χ4n) is 3.63. The summed E-state index contributed by atoms with van der Waals surface area (Å²) in [4.78, 5) is 18.8. The zero-order valence-electron chi connectivity index (χ0n) is 13.9. The zero-order chi connectivity index (χ0) is 17.2. The van der Waals surface area contributed by atoms with E-state index in [0.29, 0.717) is 6.54 Å². The Hall–Kier alpha value is -2.33. The van der Waals surface area contributed by atoms with Gasteiger partial charge in [0.05, 0.1) is 0 Å². The fourth-order valence-corrected chi connectivity index (χ4v) is 3.79. The molecule has 25 heavy (non-hydrogen) atoms. The lowest BCUT2D eigenvalue weighted by Gasteiger charge is -2.34. The van der Waals surface area contributed by atoms with E-state index in [1.807, 2.05) is 29.4 Å². The van der Waals surface area contributed by atoms with E-state index in [1.165, 1.54) is 10.8 Å². The molecule has 3 aromatic rings. The second kappa shape index (κ2) is 6.89. The van der Waals surface area contributed by atoms with E-state index in [4.69, 9.17) is 11.6 Å². The summed E-state index contributed by atoms with van der Waals surface area (Å²) in [6.45, 7) is 1.48. The van der Waals surface area contributed by atoms with E-state index in [0.717, 1.165) is 30.8 Å². The number of hydrogen-bond donors (Lipinski definition) is 0. The van der Waals surface area contributed by atoms with Crippen LogP contribution in [0.5, 0.6) is 0 Å². The molecule has 4 nitrogen and oxygen atoms in total. The van der Waals surface area contributed by atoms with Crippen molar-refractivity contribution in [3.8, 4) is 0 Å². The molecule has 1 aliphatic rings. The van der Waals surface area contributed by atoms with Crippen molar-refractivity contribution in [3.63, 3.8) is 0 Å². The van der Waals surface area contributed by atoms with Gasteiger partial charge in [0.15, 0.2) is 0 Å². The standard InChI is InChI=1S/C20H20ClN3O/c21-13-20(25)24(18-7-9-23-10-8-22-19(23)12-18)14-15-5-6-16-3-1-2-4-17(16)11-15/h1-6,8,10-11,18H,7,9,12-14H2. The summed E-state index contributed by atoms with van der Waals surface area (Å²) in [5.74, 6) is 1.04. The molecular formula is C20H20ClN3O. The van der Waals surface area contributed by atoms with Crippen molar-refractivity contribution >= 4 is 28.3 Å². The third kappa shape index (κ3) is 3.27. The lowest BCUT2D eigenvalue weighted by atomic mass is 10.0. The van der Waals surface area contributed by atoms with Gasteiger partial charge in [-0.3, -0.25) is 4.79 Å². The van der Waals surface area contributed by atoms with Crippen LogP contribution in [0.4, 0.5) is 0 Å². The lowest BCUT2D eigenvalue weighted by molar-refractivity contribution is -0.131. The number of hydrogen-bond acceptors (Lipinski definition) is 2. The largest absolute Gasteiger partial charge is 0.335 e. The minimum absolute atomic E-state index is 0.0124. The first-order chi connectivity index (χ1) is 12.2. The highest BCUT2D eigenvalue weighted by Crippen LogP contribution is 2.23. The Bertz CT molecular complexity index is 905. The van der Waals surface area contributed by atoms with Gasteiger partial charge in [-0.25, -0.2) is 4.98 Å². The Morgan fingerprint density at radius 2 is 2.08 bits per heavy atom. The Balaban J connectivity index is 1.59. The van der Waals surface area contributed by atoms with E-state index in [-0.39, 0.29) is 17.8 Å². The van der Waals surface area contributed by atoms with Gasteiger partial charge in [0, 0.05) is 37.9 Å². The van der Waals surface area contributed by atoms with Crippen LogP contribution in [0.3, 0.4) is 0 Å². The van der Waals surface area contributed by atoms with E-state index in [9.17, 15) is 4.79 Å². The quantitative estimate of drug-likeness (QED) is 0.672. The molecule has 1 atom stereocenters. The maximum Gasteiger partial charge on any atom is 0.238 e. The summed E-state index contributed by atoms with van der Waals surface area (Å²) in [5.41, 5.74) is 1.13. The topological polar surface area (TPSA) is 38.1 Å². The number of carbonyl (C=O) groups excluding carboxylic acids is 1. The number of rotatable bonds is 4. The van der Waals surface area contributed by atoms with Crippen LogP contribution in [-0.2, 0) is 24.3 Å². The van der Waals surface area contributed by atoms with Crippen molar-refractivity contribution in [1.82, 2.24) is 14.5 Å². The molecule has 128 valence electrons. The van der Waals surface area contributed by atoms with Crippen LogP contribution >= 0.6 is 11.6 Å². The van der Waals surface area contributed by atoms with Crippen LogP contribution in [0.2, 0.25) is 0 Å². The number of carbonyl (C=O) groups is 1. The highest BCUT2D eigenvalue weighted by molar-refractivity contribution is 6.27. The number of aromatic nitrogens is 2. The second-order valence-electron chi connectivity index (χ2n) is 6.52. The molecule has 1 aliphatic heterocycles. The number of amides is 1. The average Bonchev–Trinajstić information content (AvgIpc) is 3.13. The zero-order valence-corrected chi connectivity index (χ0v) is 14.7. The molecule has 0 radical (unpaired) electrons. The number of halogens is 1. The molecule has 0 aliphatic carbocycles. The van der Waals surface area contributed by atoms with Crippen molar-refractivity contribution in [2.75, 3.05) is 5.88 Å². The predicted molar refractivity (Wildman–Crippen MR) is 99.6 cm³/mol. The molecule has 1 unspecified atom stereocenters. The van der Waals surface area contributed by atoms with Crippen molar-refractivity contribution in [2.24, 2.45) is 0 Å². The average molecular weight is 354 g/mol. The van der Waals surface area contributed by atoms with Crippen LogP contribution < -0.4 is 0 Å². The number of alkyl halides is 1. The van der Waals surface area contributed by atoms with E-state index in [2.05, 4.69) is 39.9 Å². The van der Waals surface area contributed by atoms with Gasteiger partial charge >= 0.3 is 0 Å². The van der Waals surface area contributed by atoms with Crippen molar-refractivity contribution in [3.05, 3.63) is 66.2 Å². The first-order valence-electron chi connectivity index (χ1n) is 8.58. The molecule has 0 spiro atoms. The number of fused-ring (bicyclic) bond motifs is 2. The van der Waals surface area contributed by atoms with Crippen LogP contribution in [0.1, 0.15) is 17.8 Å². The number of imidazole rings is 1. The monoisotopic (exact) mass is 353 g/mol. The highest BCUT2D eigenvalue weighted by atomic mass is 35.5. The molecule has 1 aromatic heterocycles. The third-order valence-corrected chi connectivity index (χ3v) is 5.19. The van der Waals surface area contributed by atoms with Crippen LogP contribution in [-0.4, -0.2) is 32.3 Å². The van der Waals surface area contributed by atoms with Gasteiger partial charge in [0.1, 0.15) is 11.7 Å². The number of nitrogens with zero attached hydrogens (tertiary/aromatic N) is 3. The van der Waals surface area contributed by atoms with Crippen LogP contribution in [0.15, 0.2) is 54.9 Å². The van der Waals surface area contributed by atoms with Gasteiger partial charge in [0.25, 0.3) is 0 Å². The molecule has 0 fully saturated rings. The summed E-state index contributed by atoms with van der Waals surface area (Å²) < 4.78 is 2.16. The first kappa shape index (κ1) is 16.2. The van der Waals surface area contributed by atoms with Gasteiger partial charge in [-0.15, -0.1) is 11.6 Å². The maximum atomic E-state index is 12.5. The normalized spacial score (nSPS) is 16.6. The molecule has 0 bridgehead atoms. The lowest BCUT2D eigenvalue weighted by Crippen LogP contribution is -2.44. The summed E-state index contributed by atoms with van der Waals surface area (Å²) in [7, 11) is 0. The number of benzene rings is 2. The maximum absolute atomic E-state index is 12.5. The highest BCUT2D eigenvalue weighted by Gasteiger charge is 2.28. The minimum atomic E-state index is -0.0140. The van der Waals surface area contributed by atoms with Crippen LogP contribution in [0.25, 0.3) is 10.8 Å². The minimum Gasteiger partial charge on any atom is -0.335 e. The van der Waals surface area contributed by atoms with Crippen molar-refractivity contribution in [1.29, 1.82) is 0 Å². The van der Waals surface area contributed by atoms with E-state index >= 15 is 0 Å². The summed E-state index contributed by atoms with van der Waals surface area (Å²) in [5, 5.41) is 2.40. The molecule has 0 saturated heterocycles. The first-order valence-corrected chi connectivity index (χ1v) is 9.11. The molecule has 5 heteroatoms. The van der Waals surface area contributed by atoms with Crippen molar-refractivity contribution < 1.29 is 4.79 Å².